The minimum Gasteiger partial charge on any atom is -0.380 e. The van der Waals surface area contributed by atoms with Gasteiger partial charge in [0.15, 0.2) is 5.96 Å². The van der Waals surface area contributed by atoms with E-state index in [1.165, 1.54) is 0 Å². The quantitative estimate of drug-likeness (QED) is 0.640. The fourth-order valence-electron chi connectivity index (χ4n) is 2.13. The van der Waals surface area contributed by atoms with E-state index < -0.39 is 11.8 Å². The van der Waals surface area contributed by atoms with E-state index in [1.807, 2.05) is 0 Å². The van der Waals surface area contributed by atoms with Crippen molar-refractivity contribution in [2.24, 2.45) is 22.4 Å². The van der Waals surface area contributed by atoms with Gasteiger partial charge in [0.1, 0.15) is 0 Å². The van der Waals surface area contributed by atoms with Gasteiger partial charge in [0, 0.05) is 16.0 Å². The molecule has 0 saturated carbocycles. The Balaban J connectivity index is 2.28. The lowest BCUT2D eigenvalue weighted by atomic mass is 9.88. The second-order valence-electron chi connectivity index (χ2n) is 4.33. The van der Waals surface area contributed by atoms with Gasteiger partial charge in [-0.1, -0.05) is 23.2 Å². The van der Waals surface area contributed by atoms with Gasteiger partial charge in [-0.2, -0.15) is 4.99 Å². The predicted octanol–water partition coefficient (Wildman–Crippen LogP) is 1.52. The molecule has 19 heavy (non-hydrogen) atoms. The number of nitrogens with zero attached hydrogens (tertiary/aromatic N) is 1. The number of hydrogen-bond acceptors (Lipinski definition) is 2. The van der Waals surface area contributed by atoms with E-state index in [0.29, 0.717) is 16.7 Å². The molecule has 1 aromatic carbocycles. The molecule has 7 heteroatoms. The molecule has 4 N–H and O–H groups in total. The molecule has 0 aliphatic carbocycles. The summed E-state index contributed by atoms with van der Waals surface area (Å²) in [5.41, 5.74) is 11.3. The van der Waals surface area contributed by atoms with E-state index in [1.54, 1.807) is 18.2 Å². The summed E-state index contributed by atoms with van der Waals surface area (Å²) in [7, 11) is 0. The second kappa shape index (κ2) is 5.77. The van der Waals surface area contributed by atoms with Crippen LogP contribution in [-0.4, -0.2) is 25.1 Å². The van der Waals surface area contributed by atoms with Gasteiger partial charge in [0.2, 0.25) is 0 Å². The Kier molecular flexibility index (Phi) is 4.29. The highest BCUT2D eigenvalue weighted by Gasteiger charge is 2.35. The molecule has 102 valence electrons. The van der Waals surface area contributed by atoms with Crippen molar-refractivity contribution >= 4 is 35.1 Å². The van der Waals surface area contributed by atoms with Crippen LogP contribution >= 0.6 is 23.2 Å². The minimum atomic E-state index is -0.420. The third kappa shape index (κ3) is 3.37. The molecule has 1 heterocycles. The van der Waals surface area contributed by atoms with Crippen LogP contribution in [0.2, 0.25) is 10.0 Å². The summed E-state index contributed by atoms with van der Waals surface area (Å²) in [6.45, 7) is 0.692. The molecular weight excluding hydrogens is 289 g/mol. The van der Waals surface area contributed by atoms with Crippen LogP contribution in [0.25, 0.3) is 0 Å². The number of nitrogens with two attached hydrogens (primary N) is 2. The van der Waals surface area contributed by atoms with Crippen LogP contribution in [0.5, 0.6) is 0 Å². The van der Waals surface area contributed by atoms with Gasteiger partial charge in [-0.3, -0.25) is 4.79 Å². The molecule has 2 rings (SSSR count). The van der Waals surface area contributed by atoms with Crippen molar-refractivity contribution in [1.82, 2.24) is 0 Å². The summed E-state index contributed by atoms with van der Waals surface area (Å²) in [5.74, 6) is -1.21. The number of carbonyl (C=O) groups is 1. The number of amides is 1. The van der Waals surface area contributed by atoms with Crippen LogP contribution in [0.1, 0.15) is 11.5 Å². The SMILES string of the molecule is NC(N)=NC(=O)C1COCC1c1cc(Cl)cc(Cl)c1. The zero-order valence-corrected chi connectivity index (χ0v) is 11.5. The Labute approximate surface area is 120 Å². The lowest BCUT2D eigenvalue weighted by Crippen LogP contribution is -2.28. The third-order valence-electron chi connectivity index (χ3n) is 2.95. The summed E-state index contributed by atoms with van der Waals surface area (Å²) >= 11 is 11.9. The Hall–Kier alpha value is -1.30. The zero-order chi connectivity index (χ0) is 14.0. The molecule has 5 nitrogen and oxygen atoms in total. The highest BCUT2D eigenvalue weighted by Crippen LogP contribution is 2.34. The van der Waals surface area contributed by atoms with E-state index in [-0.39, 0.29) is 18.5 Å². The fourth-order valence-corrected chi connectivity index (χ4v) is 2.67. The Morgan fingerprint density at radius 2 is 1.84 bits per heavy atom. The monoisotopic (exact) mass is 301 g/mol. The van der Waals surface area contributed by atoms with E-state index in [2.05, 4.69) is 4.99 Å². The molecule has 2 unspecified atom stereocenters. The molecule has 0 bridgehead atoms. The van der Waals surface area contributed by atoms with Crippen molar-refractivity contribution in [2.75, 3.05) is 13.2 Å². The number of guanidine groups is 1. The molecule has 0 aromatic heterocycles. The zero-order valence-electron chi connectivity index (χ0n) is 9.98. The average Bonchev–Trinajstić information content (AvgIpc) is 2.75. The van der Waals surface area contributed by atoms with Crippen molar-refractivity contribution in [3.05, 3.63) is 33.8 Å². The van der Waals surface area contributed by atoms with E-state index in [4.69, 9.17) is 39.4 Å². The molecule has 0 spiro atoms. The Morgan fingerprint density at radius 1 is 1.21 bits per heavy atom. The van der Waals surface area contributed by atoms with Crippen LogP contribution < -0.4 is 11.5 Å². The van der Waals surface area contributed by atoms with Gasteiger partial charge >= 0.3 is 0 Å². The topological polar surface area (TPSA) is 90.7 Å². The lowest BCUT2D eigenvalue weighted by molar-refractivity contribution is -0.121. The van der Waals surface area contributed by atoms with Crippen LogP contribution in [0.3, 0.4) is 0 Å². The molecule has 1 amide bonds. The Morgan fingerprint density at radius 3 is 2.42 bits per heavy atom. The molecule has 1 aromatic rings. The number of halogens is 2. The second-order valence-corrected chi connectivity index (χ2v) is 5.20. The van der Waals surface area contributed by atoms with Crippen LogP contribution in [0.15, 0.2) is 23.2 Å². The number of hydrogen-bond donors (Lipinski definition) is 2. The molecular formula is C12H13Cl2N3O2. The summed E-state index contributed by atoms with van der Waals surface area (Å²) in [6, 6.07) is 5.17. The first-order valence-electron chi connectivity index (χ1n) is 5.64. The number of ether oxygens (including phenoxy) is 1. The smallest absolute Gasteiger partial charge is 0.255 e. The molecule has 1 aliphatic heterocycles. The number of carbonyl (C=O) groups excluding carboxylic acids is 1. The summed E-state index contributed by atoms with van der Waals surface area (Å²) in [6.07, 6.45) is 0. The van der Waals surface area contributed by atoms with Crippen molar-refractivity contribution in [1.29, 1.82) is 0 Å². The van der Waals surface area contributed by atoms with Crippen molar-refractivity contribution in [3.63, 3.8) is 0 Å². The van der Waals surface area contributed by atoms with E-state index >= 15 is 0 Å². The summed E-state index contributed by atoms with van der Waals surface area (Å²) in [4.78, 5) is 15.5. The number of benzene rings is 1. The van der Waals surface area contributed by atoms with E-state index in [0.717, 1.165) is 5.56 Å². The minimum absolute atomic E-state index is 0.146. The van der Waals surface area contributed by atoms with Crippen LogP contribution in [-0.2, 0) is 9.53 Å². The maximum absolute atomic E-state index is 11.9. The first-order valence-corrected chi connectivity index (χ1v) is 6.40. The predicted molar refractivity (Wildman–Crippen MR) is 74.3 cm³/mol. The van der Waals surface area contributed by atoms with Crippen LogP contribution in [0.4, 0.5) is 0 Å². The summed E-state index contributed by atoms with van der Waals surface area (Å²) < 4.78 is 5.35. The molecule has 2 atom stereocenters. The summed E-state index contributed by atoms with van der Waals surface area (Å²) in [5, 5.41) is 1.03. The van der Waals surface area contributed by atoms with Gasteiger partial charge in [0.05, 0.1) is 19.1 Å². The fraction of sp³-hybridized carbons (Fsp3) is 0.333. The average molecular weight is 302 g/mol. The largest absolute Gasteiger partial charge is 0.380 e. The highest BCUT2D eigenvalue weighted by molar-refractivity contribution is 6.34. The first kappa shape index (κ1) is 14.1. The normalized spacial score (nSPS) is 22.2. The molecule has 1 saturated heterocycles. The van der Waals surface area contributed by atoms with Crippen LogP contribution in [0, 0.1) is 5.92 Å². The Bertz CT molecular complexity index is 509. The lowest BCUT2D eigenvalue weighted by Gasteiger charge is -2.15. The molecule has 1 aliphatic rings. The maximum Gasteiger partial charge on any atom is 0.255 e. The molecule has 0 radical (unpaired) electrons. The van der Waals surface area contributed by atoms with Gasteiger partial charge < -0.3 is 16.2 Å². The number of rotatable bonds is 2. The third-order valence-corrected chi connectivity index (χ3v) is 3.39. The van der Waals surface area contributed by atoms with Crippen molar-refractivity contribution in [3.8, 4) is 0 Å². The standard InChI is InChI=1S/C12H13Cl2N3O2/c13-7-1-6(2-8(14)3-7)9-4-19-5-10(9)11(18)17-12(15)16/h1-3,9-10H,4-5H2,(H4,15,16,17,18). The van der Waals surface area contributed by atoms with Gasteiger partial charge in [-0.15, -0.1) is 0 Å². The van der Waals surface area contributed by atoms with Gasteiger partial charge in [0.25, 0.3) is 5.91 Å². The molecule has 1 fully saturated rings. The number of aliphatic imine (C=N–C) groups is 1. The highest BCUT2D eigenvalue weighted by atomic mass is 35.5. The van der Waals surface area contributed by atoms with E-state index in [9.17, 15) is 4.79 Å². The van der Waals surface area contributed by atoms with Gasteiger partial charge in [-0.05, 0) is 23.8 Å². The maximum atomic E-state index is 11.9. The van der Waals surface area contributed by atoms with Gasteiger partial charge in [-0.25, -0.2) is 0 Å². The van der Waals surface area contributed by atoms with Crippen molar-refractivity contribution < 1.29 is 9.53 Å². The van der Waals surface area contributed by atoms with Crippen molar-refractivity contribution in [2.45, 2.75) is 5.92 Å². The first-order chi connectivity index (χ1) is 8.97.